The number of sulfonamides is 1. The minimum absolute atomic E-state index is 0.133. The lowest BCUT2D eigenvalue weighted by atomic mass is 10.0. The number of furan rings is 1. The molecular weight excluding hydrogens is 526 g/mol. The van der Waals surface area contributed by atoms with E-state index in [2.05, 4.69) is 15.9 Å². The number of hydrogen-bond acceptors (Lipinski definition) is 7. The first-order valence-electron chi connectivity index (χ1n) is 10.5. The van der Waals surface area contributed by atoms with E-state index in [1.54, 1.807) is 62.8 Å². The Bertz CT molecular complexity index is 1280. The maximum Gasteiger partial charge on any atom is 0.235 e. The summed E-state index contributed by atoms with van der Waals surface area (Å²) in [6, 6.07) is 13.6. The average Bonchev–Trinajstić information content (AvgIpc) is 3.46. The summed E-state index contributed by atoms with van der Waals surface area (Å²) in [6.07, 6.45) is -0.308. The van der Waals surface area contributed by atoms with Gasteiger partial charge in [-0.05, 0) is 64.3 Å². The van der Waals surface area contributed by atoms with Crippen LogP contribution in [0.5, 0.6) is 11.5 Å². The summed E-state index contributed by atoms with van der Waals surface area (Å²) in [5.74, 6) is 1.52. The lowest BCUT2D eigenvalue weighted by molar-refractivity contribution is 0.0577. The summed E-state index contributed by atoms with van der Waals surface area (Å²) < 4.78 is 48.5. The molecule has 2 heterocycles. The van der Waals surface area contributed by atoms with Gasteiger partial charge in [0.05, 0.1) is 25.7 Å². The molecule has 1 aliphatic heterocycles. The zero-order valence-corrected chi connectivity index (χ0v) is 21.3. The van der Waals surface area contributed by atoms with Crippen LogP contribution in [0, 0.1) is 0 Å². The van der Waals surface area contributed by atoms with Crippen molar-refractivity contribution in [1.82, 2.24) is 0 Å². The van der Waals surface area contributed by atoms with Gasteiger partial charge >= 0.3 is 0 Å². The second-order valence-corrected chi connectivity index (χ2v) is 10.5. The van der Waals surface area contributed by atoms with E-state index in [-0.39, 0.29) is 17.3 Å². The molecule has 1 fully saturated rings. The average molecular weight is 550 g/mol. The predicted molar refractivity (Wildman–Crippen MR) is 131 cm³/mol. The number of ketones is 1. The van der Waals surface area contributed by atoms with Crippen molar-refractivity contribution in [1.29, 1.82) is 0 Å². The summed E-state index contributed by atoms with van der Waals surface area (Å²) in [6.45, 7) is 0.453. The molecule has 10 heteroatoms. The number of rotatable bonds is 8. The van der Waals surface area contributed by atoms with Gasteiger partial charge in [0.15, 0.2) is 5.76 Å². The van der Waals surface area contributed by atoms with Gasteiger partial charge in [-0.15, -0.1) is 0 Å². The van der Waals surface area contributed by atoms with Crippen molar-refractivity contribution < 1.29 is 31.8 Å². The molecule has 34 heavy (non-hydrogen) atoms. The summed E-state index contributed by atoms with van der Waals surface area (Å²) >= 11 is 3.44. The zero-order chi connectivity index (χ0) is 24.5. The maximum absolute atomic E-state index is 13.2. The van der Waals surface area contributed by atoms with Crippen molar-refractivity contribution in [2.24, 2.45) is 0 Å². The van der Waals surface area contributed by atoms with Gasteiger partial charge in [-0.2, -0.15) is 0 Å². The number of carbonyl (C=O) groups excluding carboxylic acids is 1. The van der Waals surface area contributed by atoms with Gasteiger partial charge < -0.3 is 18.6 Å². The third-order valence-corrected chi connectivity index (χ3v) is 8.29. The molecule has 0 spiro atoms. The van der Waals surface area contributed by atoms with Crippen LogP contribution >= 0.6 is 15.9 Å². The minimum atomic E-state index is -3.28. The number of nitrogens with zero attached hydrogens (tertiary/aromatic N) is 1. The van der Waals surface area contributed by atoms with Crippen molar-refractivity contribution in [2.45, 2.75) is 12.5 Å². The van der Waals surface area contributed by atoms with Gasteiger partial charge in [0.25, 0.3) is 0 Å². The number of halogens is 1. The highest BCUT2D eigenvalue weighted by Crippen LogP contribution is 2.39. The number of methoxy groups -OCH3 is 3. The van der Waals surface area contributed by atoms with Crippen LogP contribution in [0.15, 0.2) is 57.4 Å². The van der Waals surface area contributed by atoms with Crippen LogP contribution in [0.2, 0.25) is 0 Å². The second kappa shape index (κ2) is 9.81. The van der Waals surface area contributed by atoms with Crippen molar-refractivity contribution in [3.8, 4) is 22.8 Å². The molecule has 180 valence electrons. The number of anilines is 1. The van der Waals surface area contributed by atoms with E-state index in [1.165, 1.54) is 11.4 Å². The highest BCUT2D eigenvalue weighted by Gasteiger charge is 2.29. The molecule has 0 radical (unpaired) electrons. The Morgan fingerprint density at radius 1 is 1.03 bits per heavy atom. The molecule has 8 nitrogen and oxygen atoms in total. The maximum atomic E-state index is 13.2. The van der Waals surface area contributed by atoms with E-state index in [4.69, 9.17) is 18.6 Å². The van der Waals surface area contributed by atoms with Gasteiger partial charge in [0, 0.05) is 19.2 Å². The third-order valence-electron chi connectivity index (χ3n) is 5.64. The first-order chi connectivity index (χ1) is 16.3. The molecule has 1 aromatic heterocycles. The fourth-order valence-corrected chi connectivity index (χ4v) is 6.02. The SMILES string of the molecule is COc1cc(-c2ccc(C(=O)C(OC)c3ccc(N4CCCS4(=O)=O)cc3)o2)cc(OC)c1Br. The minimum Gasteiger partial charge on any atom is -0.495 e. The summed E-state index contributed by atoms with van der Waals surface area (Å²) in [5, 5.41) is 0. The normalized spacial score (nSPS) is 15.8. The largest absolute Gasteiger partial charge is 0.495 e. The molecule has 0 bridgehead atoms. The Morgan fingerprint density at radius 3 is 2.21 bits per heavy atom. The fraction of sp³-hybridized carbons (Fsp3) is 0.292. The molecule has 0 amide bonds. The molecule has 1 unspecified atom stereocenters. The van der Waals surface area contributed by atoms with E-state index in [9.17, 15) is 13.2 Å². The molecule has 1 aliphatic rings. The highest BCUT2D eigenvalue weighted by atomic mass is 79.9. The molecule has 0 N–H and O–H groups in total. The van der Waals surface area contributed by atoms with Gasteiger partial charge in [-0.3, -0.25) is 9.10 Å². The van der Waals surface area contributed by atoms with Crippen LogP contribution in [0.4, 0.5) is 5.69 Å². The van der Waals surface area contributed by atoms with Gasteiger partial charge in [-0.1, -0.05) is 12.1 Å². The van der Waals surface area contributed by atoms with Gasteiger partial charge in [-0.25, -0.2) is 8.42 Å². The summed E-state index contributed by atoms with van der Waals surface area (Å²) in [5.41, 5.74) is 1.85. The van der Waals surface area contributed by atoms with Crippen LogP contribution in [0.1, 0.15) is 28.6 Å². The van der Waals surface area contributed by atoms with Crippen molar-refractivity contribution in [3.63, 3.8) is 0 Å². The third kappa shape index (κ3) is 4.57. The molecule has 2 aromatic carbocycles. The molecule has 1 saturated heterocycles. The Kier molecular flexibility index (Phi) is 7.01. The van der Waals surface area contributed by atoms with E-state index >= 15 is 0 Å². The first kappa shape index (κ1) is 24.3. The first-order valence-corrected chi connectivity index (χ1v) is 12.9. The Labute approximate surface area is 206 Å². The molecule has 1 atom stereocenters. The van der Waals surface area contributed by atoms with E-state index in [0.717, 1.165) is 0 Å². The van der Waals surface area contributed by atoms with Gasteiger partial charge in [0.2, 0.25) is 15.8 Å². The number of benzene rings is 2. The molecule has 0 saturated carbocycles. The molecular formula is C24H24BrNO7S. The van der Waals surface area contributed by atoms with Crippen LogP contribution < -0.4 is 13.8 Å². The van der Waals surface area contributed by atoms with Gasteiger partial charge in [0.1, 0.15) is 27.8 Å². The quantitative estimate of drug-likeness (QED) is 0.371. The topological polar surface area (TPSA) is 95.3 Å². The summed E-state index contributed by atoms with van der Waals surface area (Å²) in [4.78, 5) is 13.2. The Morgan fingerprint density at radius 2 is 1.68 bits per heavy atom. The predicted octanol–water partition coefficient (Wildman–Crippen LogP) is 4.84. The van der Waals surface area contributed by atoms with Crippen LogP contribution in [0.3, 0.4) is 0 Å². The zero-order valence-electron chi connectivity index (χ0n) is 18.9. The Balaban J connectivity index is 1.58. The van der Waals surface area contributed by atoms with Crippen LogP contribution in [-0.4, -0.2) is 47.8 Å². The highest BCUT2D eigenvalue weighted by molar-refractivity contribution is 9.10. The molecule has 0 aliphatic carbocycles. The van der Waals surface area contributed by atoms with Crippen molar-refractivity contribution >= 4 is 37.4 Å². The molecule has 4 rings (SSSR count). The Hall–Kier alpha value is -2.82. The van der Waals surface area contributed by atoms with Crippen LogP contribution in [0.25, 0.3) is 11.3 Å². The standard InChI is InChI=1S/C24H24BrNO7S/c1-30-20-13-16(14-21(31-2)22(20)25)18-9-10-19(33-18)23(27)24(32-3)15-5-7-17(8-6-15)26-11-4-12-34(26,28)29/h5-10,13-14,24H,4,11-12H2,1-3H3. The lowest BCUT2D eigenvalue weighted by Crippen LogP contribution is -2.25. The van der Waals surface area contributed by atoms with Crippen LogP contribution in [-0.2, 0) is 14.8 Å². The number of Topliss-reactive ketones (excluding diaryl/α,β-unsaturated/α-hetero) is 1. The van der Waals surface area contributed by atoms with Crippen molar-refractivity contribution in [3.05, 3.63) is 64.3 Å². The molecule has 3 aromatic rings. The monoisotopic (exact) mass is 549 g/mol. The second-order valence-electron chi connectivity index (χ2n) is 7.67. The number of hydrogen-bond donors (Lipinski definition) is 0. The van der Waals surface area contributed by atoms with E-state index in [0.29, 0.717) is 51.5 Å². The number of ether oxygens (including phenoxy) is 3. The van der Waals surface area contributed by atoms with E-state index in [1.807, 2.05) is 0 Å². The fourth-order valence-electron chi connectivity index (χ4n) is 3.91. The number of carbonyl (C=O) groups is 1. The lowest BCUT2D eigenvalue weighted by Gasteiger charge is -2.18. The van der Waals surface area contributed by atoms with Crippen molar-refractivity contribution in [2.75, 3.05) is 37.9 Å². The van der Waals surface area contributed by atoms with E-state index < -0.39 is 16.1 Å². The summed E-state index contributed by atoms with van der Waals surface area (Å²) in [7, 11) is 1.26. The smallest absolute Gasteiger partial charge is 0.235 e.